The Kier molecular flexibility index (Phi) is 5.38. The summed E-state index contributed by atoms with van der Waals surface area (Å²) >= 11 is 3.41. The molecule has 0 atom stereocenters. The monoisotopic (exact) mass is 328 g/mol. The highest BCUT2D eigenvalue weighted by Gasteiger charge is 2.31. The molecule has 0 saturated heterocycles. The van der Waals surface area contributed by atoms with Gasteiger partial charge in [0.15, 0.2) is 0 Å². The fourth-order valence-corrected chi connectivity index (χ4v) is 2.31. The molecule has 1 rings (SSSR count). The van der Waals surface area contributed by atoms with Crippen LogP contribution in [-0.2, 0) is 4.79 Å². The summed E-state index contributed by atoms with van der Waals surface area (Å²) in [7, 11) is 3.35. The largest absolute Gasteiger partial charge is 0.495 e. The first-order valence-electron chi connectivity index (χ1n) is 6.15. The molecule has 1 aromatic carbocycles. The van der Waals surface area contributed by atoms with Gasteiger partial charge in [0.1, 0.15) is 5.75 Å². The number of anilines is 1. The predicted molar refractivity (Wildman–Crippen MR) is 81.6 cm³/mol. The van der Waals surface area contributed by atoms with E-state index in [0.29, 0.717) is 18.7 Å². The molecule has 0 bridgehead atoms. The van der Waals surface area contributed by atoms with Gasteiger partial charge in [-0.2, -0.15) is 0 Å². The Hall–Kier alpha value is -1.07. The van der Waals surface area contributed by atoms with Gasteiger partial charge in [-0.3, -0.25) is 4.79 Å². The van der Waals surface area contributed by atoms with Crippen LogP contribution in [0.15, 0.2) is 22.7 Å². The number of halogens is 1. The van der Waals surface area contributed by atoms with Gasteiger partial charge in [0.25, 0.3) is 0 Å². The van der Waals surface area contributed by atoms with E-state index in [1.54, 1.807) is 19.1 Å². The van der Waals surface area contributed by atoms with Gasteiger partial charge >= 0.3 is 0 Å². The van der Waals surface area contributed by atoms with Gasteiger partial charge in [-0.05, 0) is 31.2 Å². The molecule has 106 valence electrons. The minimum Gasteiger partial charge on any atom is -0.495 e. The van der Waals surface area contributed by atoms with Crippen LogP contribution in [0.1, 0.15) is 20.3 Å². The Morgan fingerprint density at radius 2 is 2.11 bits per heavy atom. The molecule has 0 unspecified atom stereocenters. The smallest absolute Gasteiger partial charge is 0.232 e. The van der Waals surface area contributed by atoms with E-state index in [9.17, 15) is 4.79 Å². The summed E-state index contributed by atoms with van der Waals surface area (Å²) in [5.74, 6) is 0.692. The molecular weight excluding hydrogens is 308 g/mol. The minimum absolute atomic E-state index is 0.0225. The molecule has 0 aliphatic heterocycles. The SMILES string of the molecule is COc1ccc(Br)cc1N(C)C(=O)C(C)(C)CCN. The van der Waals surface area contributed by atoms with Crippen molar-refractivity contribution in [2.45, 2.75) is 20.3 Å². The molecule has 2 N–H and O–H groups in total. The third kappa shape index (κ3) is 3.70. The first-order chi connectivity index (χ1) is 8.83. The van der Waals surface area contributed by atoms with Crippen LogP contribution in [0, 0.1) is 5.41 Å². The van der Waals surface area contributed by atoms with Crippen molar-refractivity contribution in [1.82, 2.24) is 0 Å². The number of hydrogen-bond donors (Lipinski definition) is 1. The van der Waals surface area contributed by atoms with Crippen molar-refractivity contribution in [2.75, 3.05) is 25.6 Å². The molecule has 0 aliphatic carbocycles. The maximum atomic E-state index is 12.5. The third-order valence-corrected chi connectivity index (χ3v) is 3.65. The van der Waals surface area contributed by atoms with E-state index < -0.39 is 5.41 Å². The van der Waals surface area contributed by atoms with Crippen LogP contribution in [0.2, 0.25) is 0 Å². The third-order valence-electron chi connectivity index (χ3n) is 3.16. The highest BCUT2D eigenvalue weighted by atomic mass is 79.9. The summed E-state index contributed by atoms with van der Waals surface area (Å²) in [6.07, 6.45) is 0.645. The van der Waals surface area contributed by atoms with Crippen LogP contribution < -0.4 is 15.4 Å². The first-order valence-corrected chi connectivity index (χ1v) is 6.94. The Labute approximate surface area is 123 Å². The van der Waals surface area contributed by atoms with Gasteiger partial charge in [0.2, 0.25) is 5.91 Å². The molecule has 0 aromatic heterocycles. The zero-order valence-corrected chi connectivity index (χ0v) is 13.5. The predicted octanol–water partition coefficient (Wildman–Crippen LogP) is 2.80. The average Bonchev–Trinajstić information content (AvgIpc) is 2.36. The van der Waals surface area contributed by atoms with E-state index in [1.165, 1.54) is 0 Å². The Balaban J connectivity index is 3.09. The Bertz CT molecular complexity index is 461. The van der Waals surface area contributed by atoms with E-state index in [2.05, 4.69) is 15.9 Å². The van der Waals surface area contributed by atoms with E-state index in [-0.39, 0.29) is 5.91 Å². The highest BCUT2D eigenvalue weighted by molar-refractivity contribution is 9.10. The van der Waals surface area contributed by atoms with Gasteiger partial charge in [0, 0.05) is 16.9 Å². The van der Waals surface area contributed by atoms with Crippen LogP contribution in [0.25, 0.3) is 0 Å². The average molecular weight is 329 g/mol. The molecular formula is C14H21BrN2O2. The number of hydrogen-bond acceptors (Lipinski definition) is 3. The normalized spacial score (nSPS) is 11.3. The number of nitrogens with zero attached hydrogens (tertiary/aromatic N) is 1. The highest BCUT2D eigenvalue weighted by Crippen LogP contribution is 2.33. The van der Waals surface area contributed by atoms with Crippen LogP contribution in [0.4, 0.5) is 5.69 Å². The van der Waals surface area contributed by atoms with Gasteiger partial charge < -0.3 is 15.4 Å². The summed E-state index contributed by atoms with van der Waals surface area (Å²) < 4.78 is 6.21. The molecule has 19 heavy (non-hydrogen) atoms. The lowest BCUT2D eigenvalue weighted by atomic mass is 9.87. The summed E-state index contributed by atoms with van der Waals surface area (Å²) in [6, 6.07) is 5.58. The van der Waals surface area contributed by atoms with Crippen molar-refractivity contribution in [3.8, 4) is 5.75 Å². The summed E-state index contributed by atoms with van der Waals surface area (Å²) in [5, 5.41) is 0. The number of carbonyl (C=O) groups excluding carboxylic acids is 1. The number of nitrogens with two attached hydrogens (primary N) is 1. The number of carbonyl (C=O) groups is 1. The number of ether oxygens (including phenoxy) is 1. The van der Waals surface area contributed by atoms with Gasteiger partial charge in [-0.1, -0.05) is 29.8 Å². The topological polar surface area (TPSA) is 55.6 Å². The number of rotatable bonds is 5. The Morgan fingerprint density at radius 1 is 1.47 bits per heavy atom. The molecule has 0 heterocycles. The lowest BCUT2D eigenvalue weighted by Crippen LogP contribution is -2.39. The van der Waals surface area contributed by atoms with Crippen molar-refractivity contribution in [3.63, 3.8) is 0 Å². The van der Waals surface area contributed by atoms with Gasteiger partial charge in [0.05, 0.1) is 12.8 Å². The van der Waals surface area contributed by atoms with Crippen LogP contribution in [0.5, 0.6) is 5.75 Å². The van der Waals surface area contributed by atoms with Gasteiger partial charge in [-0.25, -0.2) is 0 Å². The molecule has 4 nitrogen and oxygen atoms in total. The second-order valence-corrected chi connectivity index (χ2v) is 6.02. The maximum absolute atomic E-state index is 12.5. The van der Waals surface area contributed by atoms with Crippen LogP contribution in [-0.4, -0.2) is 26.6 Å². The van der Waals surface area contributed by atoms with E-state index in [0.717, 1.165) is 10.2 Å². The van der Waals surface area contributed by atoms with Crippen LogP contribution in [0.3, 0.4) is 0 Å². The van der Waals surface area contributed by atoms with E-state index in [4.69, 9.17) is 10.5 Å². The molecule has 0 aliphatic rings. The summed E-state index contributed by atoms with van der Waals surface area (Å²) in [4.78, 5) is 14.2. The molecule has 0 fully saturated rings. The van der Waals surface area contributed by atoms with Crippen molar-refractivity contribution in [2.24, 2.45) is 11.1 Å². The molecule has 0 spiro atoms. The van der Waals surface area contributed by atoms with Crippen molar-refractivity contribution < 1.29 is 9.53 Å². The zero-order valence-electron chi connectivity index (χ0n) is 11.9. The quantitative estimate of drug-likeness (QED) is 0.904. The van der Waals surface area contributed by atoms with Crippen molar-refractivity contribution >= 4 is 27.5 Å². The number of benzene rings is 1. The lowest BCUT2D eigenvalue weighted by Gasteiger charge is -2.30. The number of methoxy groups -OCH3 is 1. The van der Waals surface area contributed by atoms with Crippen molar-refractivity contribution in [1.29, 1.82) is 0 Å². The molecule has 0 radical (unpaired) electrons. The van der Waals surface area contributed by atoms with Crippen molar-refractivity contribution in [3.05, 3.63) is 22.7 Å². The standard InChI is InChI=1S/C14H21BrN2O2/c1-14(2,7-8-16)13(18)17(3)11-9-10(15)5-6-12(11)19-4/h5-6,9H,7-8,16H2,1-4H3. The lowest BCUT2D eigenvalue weighted by molar-refractivity contribution is -0.126. The molecule has 1 aromatic rings. The van der Waals surface area contributed by atoms with Gasteiger partial charge in [-0.15, -0.1) is 0 Å². The van der Waals surface area contributed by atoms with E-state index in [1.807, 2.05) is 32.0 Å². The molecule has 1 amide bonds. The number of amides is 1. The van der Waals surface area contributed by atoms with Crippen LogP contribution >= 0.6 is 15.9 Å². The molecule has 5 heteroatoms. The molecule has 0 saturated carbocycles. The summed E-state index contributed by atoms with van der Waals surface area (Å²) in [6.45, 7) is 4.30. The first kappa shape index (κ1) is 16.0. The fraction of sp³-hybridized carbons (Fsp3) is 0.500. The second-order valence-electron chi connectivity index (χ2n) is 5.10. The Morgan fingerprint density at radius 3 is 2.63 bits per heavy atom. The van der Waals surface area contributed by atoms with E-state index >= 15 is 0 Å². The second kappa shape index (κ2) is 6.39. The fourth-order valence-electron chi connectivity index (χ4n) is 1.96. The zero-order chi connectivity index (χ0) is 14.6. The maximum Gasteiger partial charge on any atom is 0.232 e. The summed E-state index contributed by atoms with van der Waals surface area (Å²) in [5.41, 5.74) is 5.82. The minimum atomic E-state index is -0.489.